The summed E-state index contributed by atoms with van der Waals surface area (Å²) in [6.07, 6.45) is 6.39. The third-order valence-electron chi connectivity index (χ3n) is 4.82. The highest BCUT2D eigenvalue weighted by Crippen LogP contribution is 2.32. The molecule has 0 N–H and O–H groups in total. The molecule has 27 heavy (non-hydrogen) atoms. The highest BCUT2D eigenvalue weighted by atomic mass is 35.5. The molecule has 0 aliphatic carbocycles. The third kappa shape index (κ3) is 3.05. The number of halogens is 1. The van der Waals surface area contributed by atoms with Gasteiger partial charge in [-0.05, 0) is 36.8 Å². The van der Waals surface area contributed by atoms with E-state index in [0.717, 1.165) is 57.4 Å². The maximum atomic E-state index is 6.21. The van der Waals surface area contributed by atoms with E-state index in [0.29, 0.717) is 5.02 Å². The summed E-state index contributed by atoms with van der Waals surface area (Å²) in [6.45, 7) is 3.66. The van der Waals surface area contributed by atoms with Gasteiger partial charge >= 0.3 is 0 Å². The molecule has 0 fully saturated rings. The van der Waals surface area contributed by atoms with Crippen LogP contribution in [0.3, 0.4) is 0 Å². The van der Waals surface area contributed by atoms with Gasteiger partial charge in [-0.2, -0.15) is 0 Å². The van der Waals surface area contributed by atoms with Gasteiger partial charge in [0.05, 0.1) is 15.4 Å². The van der Waals surface area contributed by atoms with Crippen molar-refractivity contribution in [1.29, 1.82) is 0 Å². The minimum Gasteiger partial charge on any atom is -0.351 e. The molecule has 4 heterocycles. The smallest absolute Gasteiger partial charge is 0.140 e. The van der Waals surface area contributed by atoms with Gasteiger partial charge in [-0.3, -0.25) is 4.98 Å². The molecule has 3 aromatic heterocycles. The average Bonchev–Trinajstić information content (AvgIpc) is 3.13. The van der Waals surface area contributed by atoms with Crippen molar-refractivity contribution in [3.8, 4) is 10.4 Å². The fourth-order valence-electron chi connectivity index (χ4n) is 3.50. The molecule has 5 nitrogen and oxygen atoms in total. The fourth-order valence-corrected chi connectivity index (χ4v) is 4.43. The first-order valence-corrected chi connectivity index (χ1v) is 9.92. The van der Waals surface area contributed by atoms with Crippen molar-refractivity contribution in [2.24, 2.45) is 0 Å². The molecule has 1 aliphatic heterocycles. The Morgan fingerprint density at radius 3 is 2.85 bits per heavy atom. The first-order valence-electron chi connectivity index (χ1n) is 8.73. The van der Waals surface area contributed by atoms with Crippen LogP contribution in [-0.4, -0.2) is 26.5 Å². The Morgan fingerprint density at radius 1 is 1.07 bits per heavy atom. The van der Waals surface area contributed by atoms with Gasteiger partial charge in [-0.15, -0.1) is 11.3 Å². The average molecular weight is 394 g/mol. The molecule has 0 amide bonds. The van der Waals surface area contributed by atoms with Crippen molar-refractivity contribution < 1.29 is 0 Å². The third-order valence-corrected chi connectivity index (χ3v) is 6.02. The summed E-state index contributed by atoms with van der Waals surface area (Å²) < 4.78 is 0. The molecule has 1 aromatic carbocycles. The van der Waals surface area contributed by atoms with Crippen molar-refractivity contribution in [1.82, 2.24) is 19.9 Å². The summed E-state index contributed by atoms with van der Waals surface area (Å²) in [5, 5.41) is 2.74. The van der Waals surface area contributed by atoms with Crippen molar-refractivity contribution in [3.05, 3.63) is 64.3 Å². The van der Waals surface area contributed by atoms with Crippen molar-refractivity contribution >= 4 is 39.7 Å². The maximum Gasteiger partial charge on any atom is 0.140 e. The van der Waals surface area contributed by atoms with Crippen molar-refractivity contribution in [3.63, 3.8) is 0 Å². The lowest BCUT2D eigenvalue weighted by molar-refractivity contribution is 0.705. The number of rotatable bonds is 2. The van der Waals surface area contributed by atoms with Crippen LogP contribution in [0.25, 0.3) is 21.3 Å². The molecule has 5 rings (SSSR count). The van der Waals surface area contributed by atoms with E-state index in [4.69, 9.17) is 16.6 Å². The zero-order chi connectivity index (χ0) is 18.4. The highest BCUT2D eigenvalue weighted by Gasteiger charge is 2.21. The Kier molecular flexibility index (Phi) is 4.02. The van der Waals surface area contributed by atoms with Crippen LogP contribution in [0, 0.1) is 6.92 Å². The first-order chi connectivity index (χ1) is 13.2. The number of hydrogen-bond acceptors (Lipinski definition) is 6. The number of aryl methyl sites for hydroxylation is 1. The minimum atomic E-state index is 0.695. The summed E-state index contributed by atoms with van der Waals surface area (Å²) >= 11 is 7.90. The molecule has 0 spiro atoms. The number of nitrogens with zero attached hydrogens (tertiary/aromatic N) is 5. The van der Waals surface area contributed by atoms with E-state index in [1.54, 1.807) is 17.7 Å². The SMILES string of the molecule is Cc1ncc(-c2cnc3c(c2)CN(c2ncnc4ccc(Cl)cc24)CC3)s1. The van der Waals surface area contributed by atoms with E-state index in [1.165, 1.54) is 5.56 Å². The van der Waals surface area contributed by atoms with Crippen LogP contribution in [0.2, 0.25) is 5.02 Å². The van der Waals surface area contributed by atoms with Crippen molar-refractivity contribution in [2.45, 2.75) is 19.9 Å². The van der Waals surface area contributed by atoms with Gasteiger partial charge < -0.3 is 4.90 Å². The minimum absolute atomic E-state index is 0.695. The lowest BCUT2D eigenvalue weighted by Crippen LogP contribution is -2.31. The number of hydrogen-bond donors (Lipinski definition) is 0. The molecule has 0 saturated heterocycles. The van der Waals surface area contributed by atoms with Crippen LogP contribution < -0.4 is 4.90 Å². The molecule has 0 saturated carbocycles. The van der Waals surface area contributed by atoms with Gasteiger partial charge in [0.25, 0.3) is 0 Å². The Hall–Kier alpha value is -2.57. The Bertz CT molecular complexity index is 1160. The van der Waals surface area contributed by atoms with E-state index in [1.807, 2.05) is 37.5 Å². The van der Waals surface area contributed by atoms with Gasteiger partial charge in [-0.25, -0.2) is 15.0 Å². The summed E-state index contributed by atoms with van der Waals surface area (Å²) in [4.78, 5) is 21.4. The molecule has 0 unspecified atom stereocenters. The second kappa shape index (κ2) is 6.55. The Balaban J connectivity index is 1.53. The topological polar surface area (TPSA) is 54.8 Å². The van der Waals surface area contributed by atoms with Crippen molar-refractivity contribution in [2.75, 3.05) is 11.4 Å². The number of thiazole rings is 1. The van der Waals surface area contributed by atoms with E-state index < -0.39 is 0 Å². The second-order valence-corrected chi connectivity index (χ2v) is 8.27. The molecular weight excluding hydrogens is 378 g/mol. The monoisotopic (exact) mass is 393 g/mol. The van der Waals surface area contributed by atoms with Crippen LogP contribution in [-0.2, 0) is 13.0 Å². The summed E-state index contributed by atoms with van der Waals surface area (Å²) in [7, 11) is 0. The van der Waals surface area contributed by atoms with E-state index in [2.05, 4.69) is 25.9 Å². The predicted octanol–water partition coefficient (Wildman–Crippen LogP) is 4.67. The molecule has 0 bridgehead atoms. The zero-order valence-corrected chi connectivity index (χ0v) is 16.3. The second-order valence-electron chi connectivity index (χ2n) is 6.60. The lowest BCUT2D eigenvalue weighted by atomic mass is 10.0. The molecular formula is C20H16ClN5S. The maximum absolute atomic E-state index is 6.21. The number of fused-ring (bicyclic) bond motifs is 2. The molecule has 1 aliphatic rings. The first kappa shape index (κ1) is 16.6. The molecule has 0 radical (unpaired) electrons. The normalized spacial score (nSPS) is 13.8. The molecule has 7 heteroatoms. The molecule has 4 aromatic rings. The van der Waals surface area contributed by atoms with Gasteiger partial charge in [0.1, 0.15) is 12.1 Å². The Labute approximate surface area is 165 Å². The van der Waals surface area contributed by atoms with E-state index in [-0.39, 0.29) is 0 Å². The predicted molar refractivity (Wildman–Crippen MR) is 109 cm³/mol. The molecule has 134 valence electrons. The van der Waals surface area contributed by atoms with Gasteiger partial charge in [-0.1, -0.05) is 11.6 Å². The number of aromatic nitrogens is 4. The fraction of sp³-hybridized carbons (Fsp3) is 0.200. The summed E-state index contributed by atoms with van der Waals surface area (Å²) in [5.41, 5.74) is 4.42. The number of pyridine rings is 1. The van der Waals surface area contributed by atoms with E-state index in [9.17, 15) is 0 Å². The van der Waals surface area contributed by atoms with Gasteiger partial charge in [0.2, 0.25) is 0 Å². The number of benzene rings is 1. The quantitative estimate of drug-likeness (QED) is 0.495. The lowest BCUT2D eigenvalue weighted by Gasteiger charge is -2.30. The van der Waals surface area contributed by atoms with Gasteiger partial charge in [0.15, 0.2) is 0 Å². The van der Waals surface area contributed by atoms with Crippen LogP contribution in [0.1, 0.15) is 16.3 Å². The Morgan fingerprint density at radius 2 is 2.00 bits per heavy atom. The standard InChI is InChI=1S/C20H16ClN5S/c1-12-22-9-19(27-12)13-6-14-10-26(5-4-17(14)23-8-13)20-16-7-15(21)2-3-18(16)24-11-25-20/h2-3,6-9,11H,4-5,10H2,1H3. The summed E-state index contributed by atoms with van der Waals surface area (Å²) in [6, 6.07) is 7.97. The zero-order valence-electron chi connectivity index (χ0n) is 14.7. The highest BCUT2D eigenvalue weighted by molar-refractivity contribution is 7.15. The van der Waals surface area contributed by atoms with E-state index >= 15 is 0 Å². The number of anilines is 1. The molecule has 0 atom stereocenters. The largest absolute Gasteiger partial charge is 0.351 e. The van der Waals surface area contributed by atoms with Crippen LogP contribution in [0.4, 0.5) is 5.82 Å². The van der Waals surface area contributed by atoms with Gasteiger partial charge in [0, 0.05) is 53.6 Å². The van der Waals surface area contributed by atoms with Crippen LogP contribution in [0.15, 0.2) is 43.0 Å². The van der Waals surface area contributed by atoms with Crippen LogP contribution >= 0.6 is 22.9 Å². The van der Waals surface area contributed by atoms with Crippen LogP contribution in [0.5, 0.6) is 0 Å². The summed E-state index contributed by atoms with van der Waals surface area (Å²) in [5.74, 6) is 0.923.